The van der Waals surface area contributed by atoms with Gasteiger partial charge in [-0.3, -0.25) is 0 Å². The van der Waals surface area contributed by atoms with E-state index in [2.05, 4.69) is 133 Å². The molecule has 0 saturated heterocycles. The van der Waals surface area contributed by atoms with Gasteiger partial charge < -0.3 is 4.42 Å². The molecule has 2 heterocycles. The third-order valence-electron chi connectivity index (χ3n) is 9.69. The lowest BCUT2D eigenvalue weighted by molar-refractivity contribution is 0.669. The van der Waals surface area contributed by atoms with Gasteiger partial charge in [-0.05, 0) is 80.2 Å². The van der Waals surface area contributed by atoms with Gasteiger partial charge in [0, 0.05) is 27.5 Å². The summed E-state index contributed by atoms with van der Waals surface area (Å²) in [6, 6.07) is 61.1. The zero-order valence-corrected chi connectivity index (χ0v) is 27.5. The molecule has 0 atom stereocenters. The van der Waals surface area contributed by atoms with E-state index < -0.39 is 0 Å². The number of hydrogen-bond acceptors (Lipinski definition) is 4. The third kappa shape index (κ3) is 5.04. The van der Waals surface area contributed by atoms with E-state index in [-0.39, 0.29) is 0 Å². The summed E-state index contributed by atoms with van der Waals surface area (Å²) < 4.78 is 6.31. The Morgan fingerprint density at radius 2 is 0.843 bits per heavy atom. The summed E-state index contributed by atoms with van der Waals surface area (Å²) in [7, 11) is 0. The molecular formula is C47H29N3O. The smallest absolute Gasteiger partial charge is 0.164 e. The fourth-order valence-corrected chi connectivity index (χ4v) is 7.30. The molecule has 238 valence electrons. The minimum absolute atomic E-state index is 0.593. The summed E-state index contributed by atoms with van der Waals surface area (Å²) in [5.41, 5.74) is 8.83. The molecule has 10 rings (SSSR count). The molecule has 0 radical (unpaired) electrons. The van der Waals surface area contributed by atoms with Crippen LogP contribution in [0.15, 0.2) is 180 Å². The second kappa shape index (κ2) is 11.9. The fraction of sp³-hybridized carbons (Fsp3) is 0. The van der Waals surface area contributed by atoms with E-state index in [0.717, 1.165) is 77.0 Å². The zero-order chi connectivity index (χ0) is 33.7. The highest BCUT2D eigenvalue weighted by Crippen LogP contribution is 2.39. The maximum absolute atomic E-state index is 6.31. The van der Waals surface area contributed by atoms with Gasteiger partial charge in [0.1, 0.15) is 11.2 Å². The Bertz CT molecular complexity index is 2860. The standard InChI is InChI=1S/C47H29N3O/c1-3-14-30(15-4-1)33-26-34(31-16-5-2-6-17-31)28-35(27-33)45-48-46(40-23-13-25-43-44(40)39-22-11-12-24-42(39)51-43)50-47(49-45)41-29-32-18-7-8-19-36(32)37-20-9-10-21-38(37)41/h1-29H. The Labute approximate surface area is 294 Å². The molecule has 0 saturated carbocycles. The van der Waals surface area contributed by atoms with Gasteiger partial charge in [0.05, 0.1) is 0 Å². The number of rotatable bonds is 5. The average Bonchev–Trinajstić information content (AvgIpc) is 3.60. The largest absolute Gasteiger partial charge is 0.456 e. The van der Waals surface area contributed by atoms with Gasteiger partial charge in [0.2, 0.25) is 0 Å². The molecule has 0 amide bonds. The minimum Gasteiger partial charge on any atom is -0.456 e. The molecule has 0 bridgehead atoms. The third-order valence-corrected chi connectivity index (χ3v) is 9.69. The molecule has 0 aliphatic rings. The first-order valence-corrected chi connectivity index (χ1v) is 17.1. The molecule has 4 heteroatoms. The van der Waals surface area contributed by atoms with Gasteiger partial charge in [-0.25, -0.2) is 15.0 Å². The van der Waals surface area contributed by atoms with E-state index in [1.54, 1.807) is 0 Å². The monoisotopic (exact) mass is 651 g/mol. The second-order valence-corrected chi connectivity index (χ2v) is 12.8. The Kier molecular flexibility index (Phi) is 6.78. The number of hydrogen-bond donors (Lipinski definition) is 0. The summed E-state index contributed by atoms with van der Waals surface area (Å²) in [4.78, 5) is 15.9. The van der Waals surface area contributed by atoms with Crippen molar-refractivity contribution in [1.29, 1.82) is 0 Å². The van der Waals surface area contributed by atoms with Gasteiger partial charge in [-0.15, -0.1) is 0 Å². The van der Waals surface area contributed by atoms with Crippen molar-refractivity contribution < 1.29 is 4.42 Å². The van der Waals surface area contributed by atoms with Crippen LogP contribution in [0.25, 0.3) is 99.9 Å². The van der Waals surface area contributed by atoms with Crippen molar-refractivity contribution in [3.8, 4) is 56.4 Å². The average molecular weight is 652 g/mol. The molecule has 8 aromatic carbocycles. The van der Waals surface area contributed by atoms with Gasteiger partial charge in [-0.2, -0.15) is 0 Å². The van der Waals surface area contributed by atoms with Crippen molar-refractivity contribution in [2.24, 2.45) is 0 Å². The second-order valence-electron chi connectivity index (χ2n) is 12.8. The zero-order valence-electron chi connectivity index (χ0n) is 27.5. The Balaban J connectivity index is 1.29. The summed E-state index contributed by atoms with van der Waals surface area (Å²) in [6.07, 6.45) is 0. The Morgan fingerprint density at radius 3 is 1.57 bits per heavy atom. The van der Waals surface area contributed by atoms with Crippen LogP contribution < -0.4 is 0 Å². The first-order chi connectivity index (χ1) is 25.3. The van der Waals surface area contributed by atoms with Crippen molar-refractivity contribution in [1.82, 2.24) is 15.0 Å². The van der Waals surface area contributed by atoms with Crippen molar-refractivity contribution in [2.45, 2.75) is 0 Å². The van der Waals surface area contributed by atoms with Crippen LogP contribution >= 0.6 is 0 Å². The minimum atomic E-state index is 0.593. The molecule has 0 spiro atoms. The maximum atomic E-state index is 6.31. The van der Waals surface area contributed by atoms with Crippen LogP contribution in [0, 0.1) is 0 Å². The van der Waals surface area contributed by atoms with Crippen molar-refractivity contribution in [3.05, 3.63) is 176 Å². The Hall–Kier alpha value is -6.91. The predicted molar refractivity (Wildman–Crippen MR) is 209 cm³/mol. The SMILES string of the molecule is c1ccc(-c2cc(-c3ccccc3)cc(-c3nc(-c4cc5ccccc5c5ccccc45)nc(-c4cccc5oc6ccccc6c45)n3)c2)cc1. The number of para-hydroxylation sites is 1. The molecule has 0 unspecified atom stereocenters. The summed E-state index contributed by atoms with van der Waals surface area (Å²) in [6.45, 7) is 0. The maximum Gasteiger partial charge on any atom is 0.164 e. The van der Waals surface area contributed by atoms with Crippen LogP contribution in [0.2, 0.25) is 0 Å². The highest BCUT2D eigenvalue weighted by Gasteiger charge is 2.20. The molecule has 0 aliphatic heterocycles. The van der Waals surface area contributed by atoms with Crippen molar-refractivity contribution in [3.63, 3.8) is 0 Å². The van der Waals surface area contributed by atoms with E-state index >= 15 is 0 Å². The van der Waals surface area contributed by atoms with Crippen LogP contribution in [0.5, 0.6) is 0 Å². The van der Waals surface area contributed by atoms with E-state index in [0.29, 0.717) is 17.5 Å². The molecular weight excluding hydrogens is 623 g/mol. The van der Waals surface area contributed by atoms with Crippen LogP contribution in [-0.2, 0) is 0 Å². The summed E-state index contributed by atoms with van der Waals surface area (Å²) in [5.74, 6) is 1.82. The molecule has 0 fully saturated rings. The van der Waals surface area contributed by atoms with Crippen LogP contribution in [0.4, 0.5) is 0 Å². The van der Waals surface area contributed by atoms with E-state index in [9.17, 15) is 0 Å². The summed E-state index contributed by atoms with van der Waals surface area (Å²) >= 11 is 0. The highest BCUT2D eigenvalue weighted by molar-refractivity contribution is 6.14. The highest BCUT2D eigenvalue weighted by atomic mass is 16.3. The molecule has 0 N–H and O–H groups in total. The van der Waals surface area contributed by atoms with Gasteiger partial charge in [0.15, 0.2) is 17.5 Å². The topological polar surface area (TPSA) is 51.8 Å². The molecule has 0 aliphatic carbocycles. The lowest BCUT2D eigenvalue weighted by Gasteiger charge is -2.14. The molecule has 10 aromatic rings. The number of furan rings is 1. The summed E-state index contributed by atoms with van der Waals surface area (Å²) in [5, 5.41) is 6.60. The first kappa shape index (κ1) is 29.0. The number of nitrogens with zero attached hydrogens (tertiary/aromatic N) is 3. The molecule has 2 aromatic heterocycles. The van der Waals surface area contributed by atoms with Crippen LogP contribution in [0.3, 0.4) is 0 Å². The van der Waals surface area contributed by atoms with Crippen LogP contribution in [0.1, 0.15) is 0 Å². The van der Waals surface area contributed by atoms with Gasteiger partial charge in [-0.1, -0.05) is 140 Å². The first-order valence-electron chi connectivity index (χ1n) is 17.1. The number of aromatic nitrogens is 3. The lowest BCUT2D eigenvalue weighted by Crippen LogP contribution is -2.01. The predicted octanol–water partition coefficient (Wildman–Crippen LogP) is 12.4. The number of benzene rings is 8. The number of fused-ring (bicyclic) bond motifs is 6. The van der Waals surface area contributed by atoms with Crippen molar-refractivity contribution >= 4 is 43.5 Å². The van der Waals surface area contributed by atoms with Crippen LogP contribution in [-0.4, -0.2) is 15.0 Å². The quantitative estimate of drug-likeness (QED) is 0.174. The fourth-order valence-electron chi connectivity index (χ4n) is 7.30. The molecule has 51 heavy (non-hydrogen) atoms. The van der Waals surface area contributed by atoms with E-state index in [1.807, 2.05) is 42.5 Å². The van der Waals surface area contributed by atoms with E-state index in [4.69, 9.17) is 19.4 Å². The van der Waals surface area contributed by atoms with E-state index in [1.165, 1.54) is 5.39 Å². The van der Waals surface area contributed by atoms with Crippen molar-refractivity contribution in [2.75, 3.05) is 0 Å². The molecule has 4 nitrogen and oxygen atoms in total. The Morgan fingerprint density at radius 1 is 0.314 bits per heavy atom. The normalized spacial score (nSPS) is 11.5. The van der Waals surface area contributed by atoms with Gasteiger partial charge in [0.25, 0.3) is 0 Å². The lowest BCUT2D eigenvalue weighted by atomic mass is 9.95. The van der Waals surface area contributed by atoms with Gasteiger partial charge >= 0.3 is 0 Å².